The lowest BCUT2D eigenvalue weighted by atomic mass is 10.0. The number of rotatable bonds is 6. The van der Waals surface area contributed by atoms with E-state index < -0.39 is 5.97 Å². The van der Waals surface area contributed by atoms with Crippen LogP contribution in [0.1, 0.15) is 44.7 Å². The average molecular weight is 249 g/mol. The van der Waals surface area contributed by atoms with E-state index in [1.54, 1.807) is 0 Å². The number of benzene rings is 1. The van der Waals surface area contributed by atoms with E-state index >= 15 is 0 Å². The van der Waals surface area contributed by atoms with Crippen LogP contribution in [0.5, 0.6) is 0 Å². The Morgan fingerprint density at radius 2 is 1.72 bits per heavy atom. The van der Waals surface area contributed by atoms with Crippen LogP contribution >= 0.6 is 0 Å². The van der Waals surface area contributed by atoms with Gasteiger partial charge in [-0.25, -0.2) is 0 Å². The van der Waals surface area contributed by atoms with Gasteiger partial charge in [-0.3, -0.25) is 0 Å². The van der Waals surface area contributed by atoms with Crippen LogP contribution in [0.25, 0.3) is 0 Å². The highest BCUT2D eigenvalue weighted by Crippen LogP contribution is 2.14. The molecule has 1 aromatic carbocycles. The second kappa shape index (κ2) is 6.55. The van der Waals surface area contributed by atoms with E-state index in [0.717, 1.165) is 11.4 Å². The van der Waals surface area contributed by atoms with Crippen LogP contribution in [0.3, 0.4) is 0 Å². The molecule has 100 valence electrons. The van der Waals surface area contributed by atoms with Crippen LogP contribution < -0.4 is 10.0 Å². The number of quaternary nitrogens is 1. The van der Waals surface area contributed by atoms with Gasteiger partial charge in [0, 0.05) is 5.56 Å². The van der Waals surface area contributed by atoms with E-state index in [1.165, 1.54) is 11.1 Å². The minimum absolute atomic E-state index is 0.0591. The summed E-state index contributed by atoms with van der Waals surface area (Å²) in [6.45, 7) is 9.17. The minimum atomic E-state index is -0.988. The molecule has 0 aliphatic rings. The first-order valence-electron chi connectivity index (χ1n) is 6.53. The predicted molar refractivity (Wildman–Crippen MR) is 70.2 cm³/mol. The van der Waals surface area contributed by atoms with Gasteiger partial charge in [-0.1, -0.05) is 38.1 Å². The zero-order valence-electron chi connectivity index (χ0n) is 11.7. The van der Waals surface area contributed by atoms with Gasteiger partial charge in [-0.05, 0) is 25.3 Å². The van der Waals surface area contributed by atoms with Crippen molar-refractivity contribution in [1.29, 1.82) is 0 Å². The van der Waals surface area contributed by atoms with Crippen molar-refractivity contribution in [2.24, 2.45) is 0 Å². The molecule has 0 amide bonds. The molecule has 0 saturated carbocycles. The molecule has 3 heteroatoms. The second-order valence-corrected chi connectivity index (χ2v) is 5.43. The van der Waals surface area contributed by atoms with Crippen molar-refractivity contribution in [2.75, 3.05) is 6.54 Å². The number of carbonyl (C=O) groups is 1. The molecule has 0 bridgehead atoms. The summed E-state index contributed by atoms with van der Waals surface area (Å²) in [6, 6.07) is 8.70. The summed E-state index contributed by atoms with van der Waals surface area (Å²) in [5, 5.41) is 10.7. The maximum Gasteiger partial charge on any atom is 0.118 e. The molecule has 0 aliphatic heterocycles. The van der Waals surface area contributed by atoms with Crippen molar-refractivity contribution in [1.82, 2.24) is 0 Å². The molecule has 0 fully saturated rings. The Balaban J connectivity index is 2.72. The molecule has 1 aromatic rings. The fourth-order valence-electron chi connectivity index (χ4n) is 1.94. The summed E-state index contributed by atoms with van der Waals surface area (Å²) >= 11 is 0. The van der Waals surface area contributed by atoms with Gasteiger partial charge in [-0.15, -0.1) is 0 Å². The van der Waals surface area contributed by atoms with Gasteiger partial charge in [0.1, 0.15) is 13.1 Å². The minimum Gasteiger partial charge on any atom is -0.544 e. The Bertz CT molecular complexity index is 382. The zero-order chi connectivity index (χ0) is 13.7. The number of aliphatic carboxylic acids is 1. The van der Waals surface area contributed by atoms with E-state index in [1.807, 2.05) is 13.8 Å². The highest BCUT2D eigenvalue weighted by atomic mass is 16.4. The molecule has 0 radical (unpaired) electrons. The third-order valence-electron chi connectivity index (χ3n) is 3.27. The number of carbonyl (C=O) groups excluding carboxylic acids is 1. The molecule has 0 heterocycles. The summed E-state index contributed by atoms with van der Waals surface area (Å²) in [5.74, 6) is -0.465. The molecule has 1 rings (SSSR count). The Kier molecular flexibility index (Phi) is 5.35. The standard InChI is InChI=1S/C15H23NO2/c1-11(2)14-7-5-13(6-8-14)9-16(12(3)4)10-15(17)18/h5-8,11-12H,9-10H2,1-4H3,(H,17,18). The molecule has 18 heavy (non-hydrogen) atoms. The van der Waals surface area contributed by atoms with E-state index in [9.17, 15) is 9.90 Å². The van der Waals surface area contributed by atoms with Gasteiger partial charge in [-0.2, -0.15) is 0 Å². The van der Waals surface area contributed by atoms with Gasteiger partial charge in [0.15, 0.2) is 0 Å². The van der Waals surface area contributed by atoms with Gasteiger partial charge in [0.05, 0.1) is 12.0 Å². The van der Waals surface area contributed by atoms with Crippen LogP contribution in [0.2, 0.25) is 0 Å². The van der Waals surface area contributed by atoms with Gasteiger partial charge in [0.25, 0.3) is 0 Å². The van der Waals surface area contributed by atoms with E-state index in [0.29, 0.717) is 5.92 Å². The number of nitrogens with one attached hydrogen (secondary N) is 1. The number of carboxylic acid groups (broad SMARTS) is 1. The first kappa shape index (κ1) is 14.7. The highest BCUT2D eigenvalue weighted by Gasteiger charge is 2.14. The summed E-state index contributed by atoms with van der Waals surface area (Å²) in [7, 11) is 0. The summed E-state index contributed by atoms with van der Waals surface area (Å²) < 4.78 is 0. The Morgan fingerprint density at radius 3 is 2.11 bits per heavy atom. The van der Waals surface area contributed by atoms with Crippen molar-refractivity contribution >= 4 is 5.97 Å². The van der Waals surface area contributed by atoms with Crippen LogP contribution in [-0.2, 0) is 11.3 Å². The van der Waals surface area contributed by atoms with Crippen LogP contribution in [-0.4, -0.2) is 18.6 Å². The lowest BCUT2D eigenvalue weighted by Crippen LogP contribution is -3.15. The molecule has 1 atom stereocenters. The van der Waals surface area contributed by atoms with Crippen molar-refractivity contribution in [3.63, 3.8) is 0 Å². The van der Waals surface area contributed by atoms with Crippen molar-refractivity contribution in [2.45, 2.75) is 46.2 Å². The fraction of sp³-hybridized carbons (Fsp3) is 0.533. The molecular formula is C15H23NO2. The highest BCUT2D eigenvalue weighted by molar-refractivity contribution is 5.65. The maximum atomic E-state index is 10.7. The molecule has 1 N–H and O–H groups in total. The first-order chi connectivity index (χ1) is 8.40. The van der Waals surface area contributed by atoms with Crippen molar-refractivity contribution < 1.29 is 14.8 Å². The number of hydrogen-bond acceptors (Lipinski definition) is 2. The third-order valence-corrected chi connectivity index (χ3v) is 3.27. The van der Waals surface area contributed by atoms with Crippen LogP contribution in [0.4, 0.5) is 0 Å². The maximum absolute atomic E-state index is 10.7. The molecule has 0 saturated heterocycles. The summed E-state index contributed by atoms with van der Waals surface area (Å²) in [5.41, 5.74) is 2.48. The Morgan fingerprint density at radius 1 is 1.17 bits per heavy atom. The van der Waals surface area contributed by atoms with E-state index in [-0.39, 0.29) is 12.6 Å². The quantitative estimate of drug-likeness (QED) is 0.791. The predicted octanol–water partition coefficient (Wildman–Crippen LogP) is 0.353. The third kappa shape index (κ3) is 4.49. The number of hydrogen-bond donors (Lipinski definition) is 1. The number of carboxylic acids is 1. The van der Waals surface area contributed by atoms with Gasteiger partial charge >= 0.3 is 0 Å². The van der Waals surface area contributed by atoms with Crippen molar-refractivity contribution in [3.8, 4) is 0 Å². The van der Waals surface area contributed by atoms with Gasteiger partial charge in [0.2, 0.25) is 0 Å². The molecule has 1 unspecified atom stereocenters. The zero-order valence-corrected chi connectivity index (χ0v) is 11.7. The normalized spacial score (nSPS) is 13.0. The molecule has 3 nitrogen and oxygen atoms in total. The monoisotopic (exact) mass is 249 g/mol. The smallest absolute Gasteiger partial charge is 0.118 e. The Labute approximate surface area is 109 Å². The van der Waals surface area contributed by atoms with Crippen molar-refractivity contribution in [3.05, 3.63) is 35.4 Å². The molecule has 0 aliphatic carbocycles. The van der Waals surface area contributed by atoms with Gasteiger partial charge < -0.3 is 14.8 Å². The summed E-state index contributed by atoms with van der Waals surface area (Å²) in [6.07, 6.45) is 0. The van der Waals surface area contributed by atoms with E-state index in [2.05, 4.69) is 38.1 Å². The molecule has 0 aromatic heterocycles. The van der Waals surface area contributed by atoms with Crippen LogP contribution in [0.15, 0.2) is 24.3 Å². The summed E-state index contributed by atoms with van der Waals surface area (Å²) in [4.78, 5) is 11.7. The lowest BCUT2D eigenvalue weighted by molar-refractivity contribution is -0.929. The SMILES string of the molecule is CC(C)c1ccc(C[NH+](CC(=O)[O-])C(C)C)cc1. The van der Waals surface area contributed by atoms with E-state index in [4.69, 9.17) is 0 Å². The topological polar surface area (TPSA) is 44.6 Å². The lowest BCUT2D eigenvalue weighted by Gasteiger charge is -2.24. The largest absolute Gasteiger partial charge is 0.544 e. The fourth-order valence-corrected chi connectivity index (χ4v) is 1.94. The first-order valence-corrected chi connectivity index (χ1v) is 6.53. The molecule has 0 spiro atoms. The molecular weight excluding hydrogens is 226 g/mol. The Hall–Kier alpha value is -1.35. The average Bonchev–Trinajstić information content (AvgIpc) is 2.28. The van der Waals surface area contributed by atoms with Crippen LogP contribution in [0, 0.1) is 0 Å². The second-order valence-electron chi connectivity index (χ2n) is 5.43.